The number of aryl methyl sites for hydroxylation is 1. The van der Waals surface area contributed by atoms with Crippen molar-refractivity contribution in [2.24, 2.45) is 0 Å². The number of hydrogen-bond donors (Lipinski definition) is 0. The molecule has 1 heterocycles. The Hall–Kier alpha value is -0.410. The van der Waals surface area contributed by atoms with Crippen LogP contribution in [0.1, 0.15) is 5.56 Å². The van der Waals surface area contributed by atoms with Crippen molar-refractivity contribution in [1.82, 2.24) is 4.37 Å². The fourth-order valence-corrected chi connectivity index (χ4v) is 1.98. The van der Waals surface area contributed by atoms with Crippen LogP contribution < -0.4 is 0 Å². The van der Waals surface area contributed by atoms with Crippen LogP contribution in [-0.4, -0.2) is 4.37 Å². The maximum atomic E-state index is 4.24. The molecule has 1 aromatic carbocycles. The van der Waals surface area contributed by atoms with Crippen molar-refractivity contribution >= 4 is 38.4 Å². The van der Waals surface area contributed by atoms with Gasteiger partial charge in [0, 0.05) is 15.2 Å². The first-order valence-electron chi connectivity index (χ1n) is 3.27. The summed E-state index contributed by atoms with van der Waals surface area (Å²) in [5.74, 6) is 0. The number of aromatic nitrogens is 1. The van der Waals surface area contributed by atoms with Crippen LogP contribution in [0.15, 0.2) is 22.0 Å². The third-order valence-electron chi connectivity index (χ3n) is 1.64. The summed E-state index contributed by atoms with van der Waals surface area (Å²) in [6, 6.07) is 4.20. The van der Waals surface area contributed by atoms with E-state index in [1.807, 2.05) is 0 Å². The van der Waals surface area contributed by atoms with Gasteiger partial charge in [-0.2, -0.15) is 4.37 Å². The number of hydrogen-bond acceptors (Lipinski definition) is 2. The fraction of sp³-hybridized carbons (Fsp3) is 0.125. The zero-order valence-electron chi connectivity index (χ0n) is 5.97. The largest absolute Gasteiger partial charge is 0.193 e. The van der Waals surface area contributed by atoms with E-state index in [2.05, 4.69) is 44.7 Å². The van der Waals surface area contributed by atoms with Crippen molar-refractivity contribution in [2.45, 2.75) is 6.92 Å². The Bertz CT molecular complexity index is 358. The summed E-state index contributed by atoms with van der Waals surface area (Å²) < 4.78 is 5.40. The predicted molar refractivity (Wildman–Crippen MR) is 52.1 cm³/mol. The number of rotatable bonds is 0. The second-order valence-electron chi connectivity index (χ2n) is 2.47. The minimum atomic E-state index is 1.09. The Morgan fingerprint density at radius 3 is 3.09 bits per heavy atom. The van der Waals surface area contributed by atoms with E-state index in [0.717, 1.165) is 9.99 Å². The molecule has 2 aromatic rings. The van der Waals surface area contributed by atoms with Crippen LogP contribution in [0, 0.1) is 6.92 Å². The summed E-state index contributed by atoms with van der Waals surface area (Å²) in [7, 11) is 0. The van der Waals surface area contributed by atoms with Crippen LogP contribution in [0.25, 0.3) is 10.9 Å². The van der Waals surface area contributed by atoms with E-state index in [4.69, 9.17) is 0 Å². The molecule has 0 N–H and O–H groups in total. The van der Waals surface area contributed by atoms with E-state index in [1.165, 1.54) is 22.5 Å². The molecule has 11 heavy (non-hydrogen) atoms. The van der Waals surface area contributed by atoms with Gasteiger partial charge in [-0.15, -0.1) is 0 Å². The fourth-order valence-electron chi connectivity index (χ4n) is 0.995. The molecule has 0 aliphatic rings. The Kier molecular flexibility index (Phi) is 1.69. The lowest BCUT2D eigenvalue weighted by molar-refractivity contribution is 1.45. The summed E-state index contributed by atoms with van der Waals surface area (Å²) in [5.41, 5.74) is 2.33. The molecule has 0 atom stereocenters. The van der Waals surface area contributed by atoms with Gasteiger partial charge in [-0.25, -0.2) is 0 Å². The standard InChI is InChI=1S/C8H6BrNS/c1-5-2-8-6(3-7(5)9)4-11-10-8/h2-4H,1H3. The zero-order chi connectivity index (χ0) is 7.84. The topological polar surface area (TPSA) is 12.9 Å². The van der Waals surface area contributed by atoms with Gasteiger partial charge in [0.05, 0.1) is 5.52 Å². The summed E-state index contributed by atoms with van der Waals surface area (Å²) in [4.78, 5) is 0. The Morgan fingerprint density at radius 1 is 1.45 bits per heavy atom. The van der Waals surface area contributed by atoms with Gasteiger partial charge in [0.25, 0.3) is 0 Å². The lowest BCUT2D eigenvalue weighted by Gasteiger charge is -1.95. The van der Waals surface area contributed by atoms with Gasteiger partial charge in [0.1, 0.15) is 0 Å². The van der Waals surface area contributed by atoms with Gasteiger partial charge in [-0.3, -0.25) is 0 Å². The van der Waals surface area contributed by atoms with Crippen molar-refractivity contribution in [3.8, 4) is 0 Å². The second-order valence-corrected chi connectivity index (χ2v) is 3.96. The summed E-state index contributed by atoms with van der Waals surface area (Å²) >= 11 is 4.98. The average Bonchev–Trinajstić information content (AvgIpc) is 2.36. The van der Waals surface area contributed by atoms with Gasteiger partial charge >= 0.3 is 0 Å². The van der Waals surface area contributed by atoms with Gasteiger partial charge in [-0.1, -0.05) is 15.9 Å². The number of fused-ring (bicyclic) bond motifs is 1. The van der Waals surface area contributed by atoms with Crippen LogP contribution in [0.3, 0.4) is 0 Å². The lowest BCUT2D eigenvalue weighted by Crippen LogP contribution is -1.74. The molecule has 1 aromatic heterocycles. The van der Waals surface area contributed by atoms with Crippen molar-refractivity contribution in [3.63, 3.8) is 0 Å². The SMILES string of the molecule is Cc1cc2nscc2cc1Br. The summed E-state index contributed by atoms with van der Waals surface area (Å²) in [5, 5.41) is 3.27. The molecule has 0 aliphatic heterocycles. The molecule has 0 saturated carbocycles. The molecule has 0 radical (unpaired) electrons. The highest BCUT2D eigenvalue weighted by Gasteiger charge is 1.99. The Labute approximate surface area is 77.3 Å². The molecule has 0 amide bonds. The van der Waals surface area contributed by atoms with Gasteiger partial charge < -0.3 is 0 Å². The van der Waals surface area contributed by atoms with Gasteiger partial charge in [-0.05, 0) is 36.2 Å². The highest BCUT2D eigenvalue weighted by Crippen LogP contribution is 2.23. The minimum absolute atomic E-state index is 1.09. The number of benzene rings is 1. The average molecular weight is 228 g/mol. The maximum absolute atomic E-state index is 4.24. The molecule has 3 heteroatoms. The van der Waals surface area contributed by atoms with Gasteiger partial charge in [0.15, 0.2) is 0 Å². The van der Waals surface area contributed by atoms with Crippen LogP contribution in [0.4, 0.5) is 0 Å². The maximum Gasteiger partial charge on any atom is 0.0844 e. The molecule has 0 spiro atoms. The number of halogens is 1. The van der Waals surface area contributed by atoms with E-state index in [9.17, 15) is 0 Å². The van der Waals surface area contributed by atoms with E-state index < -0.39 is 0 Å². The van der Waals surface area contributed by atoms with Crippen LogP contribution in [0.5, 0.6) is 0 Å². The molecule has 2 rings (SSSR count). The van der Waals surface area contributed by atoms with E-state index >= 15 is 0 Å². The van der Waals surface area contributed by atoms with Crippen LogP contribution in [-0.2, 0) is 0 Å². The van der Waals surface area contributed by atoms with Crippen molar-refractivity contribution in [1.29, 1.82) is 0 Å². The first-order valence-corrected chi connectivity index (χ1v) is 4.90. The normalized spacial score (nSPS) is 10.7. The molecule has 56 valence electrons. The van der Waals surface area contributed by atoms with E-state index in [1.54, 1.807) is 0 Å². The molecular weight excluding hydrogens is 222 g/mol. The zero-order valence-corrected chi connectivity index (χ0v) is 8.37. The molecule has 0 saturated heterocycles. The smallest absolute Gasteiger partial charge is 0.0844 e. The molecule has 0 aliphatic carbocycles. The molecule has 0 bridgehead atoms. The predicted octanol–water partition coefficient (Wildman–Crippen LogP) is 3.37. The first kappa shape index (κ1) is 7.25. The van der Waals surface area contributed by atoms with E-state index in [-0.39, 0.29) is 0 Å². The third kappa shape index (κ3) is 1.19. The molecule has 0 unspecified atom stereocenters. The second kappa shape index (κ2) is 2.57. The molecule has 0 fully saturated rings. The van der Waals surface area contributed by atoms with Crippen molar-refractivity contribution in [3.05, 3.63) is 27.5 Å². The summed E-state index contributed by atoms with van der Waals surface area (Å²) in [6.07, 6.45) is 0. The Balaban J connectivity index is 2.86. The van der Waals surface area contributed by atoms with Crippen LogP contribution >= 0.6 is 27.5 Å². The number of nitrogens with zero attached hydrogens (tertiary/aromatic N) is 1. The molecular formula is C8H6BrNS. The van der Waals surface area contributed by atoms with Crippen LogP contribution in [0.2, 0.25) is 0 Å². The highest BCUT2D eigenvalue weighted by molar-refractivity contribution is 9.10. The summed E-state index contributed by atoms with van der Waals surface area (Å²) in [6.45, 7) is 2.07. The Morgan fingerprint density at radius 2 is 2.27 bits per heavy atom. The minimum Gasteiger partial charge on any atom is -0.193 e. The quantitative estimate of drug-likeness (QED) is 0.673. The highest BCUT2D eigenvalue weighted by atomic mass is 79.9. The van der Waals surface area contributed by atoms with Crippen molar-refractivity contribution < 1.29 is 0 Å². The lowest BCUT2D eigenvalue weighted by atomic mass is 10.2. The first-order chi connectivity index (χ1) is 5.27. The monoisotopic (exact) mass is 227 g/mol. The van der Waals surface area contributed by atoms with Gasteiger partial charge in [0.2, 0.25) is 0 Å². The van der Waals surface area contributed by atoms with Crippen molar-refractivity contribution in [2.75, 3.05) is 0 Å². The van der Waals surface area contributed by atoms with E-state index in [0.29, 0.717) is 0 Å². The molecule has 1 nitrogen and oxygen atoms in total. The third-order valence-corrected chi connectivity index (χ3v) is 3.15.